The number of halogens is 4. The second-order valence-electron chi connectivity index (χ2n) is 7.88. The van der Waals surface area contributed by atoms with Crippen LogP contribution < -0.4 is 0 Å². The molecule has 2 atom stereocenters. The maximum atomic E-state index is 5.98. The highest BCUT2D eigenvalue weighted by molar-refractivity contribution is 6.36. The van der Waals surface area contributed by atoms with Gasteiger partial charge in [-0.25, -0.2) is 19.3 Å². The van der Waals surface area contributed by atoms with Crippen LogP contribution in [0.25, 0.3) is 22.1 Å². The van der Waals surface area contributed by atoms with Gasteiger partial charge in [0.25, 0.3) is 0 Å². The number of nitrogens with zero attached hydrogens (tertiary/aromatic N) is 8. The minimum atomic E-state index is -0.0803. The second-order valence-corrected chi connectivity index (χ2v) is 9.27. The first-order valence-corrected chi connectivity index (χ1v) is 12.4. The second kappa shape index (κ2) is 10.4. The minimum Gasteiger partial charge on any atom is -0.357 e. The molecule has 0 N–H and O–H groups in total. The van der Waals surface area contributed by atoms with Crippen LogP contribution in [0.5, 0.6) is 0 Å². The maximum absolute atomic E-state index is 5.98. The Labute approximate surface area is 214 Å². The van der Waals surface area contributed by atoms with Crippen molar-refractivity contribution in [1.29, 1.82) is 0 Å². The molecule has 0 aliphatic carbocycles. The fourth-order valence-electron chi connectivity index (χ4n) is 3.94. The lowest BCUT2D eigenvalue weighted by Crippen LogP contribution is -2.19. The molecule has 34 heavy (non-hydrogen) atoms. The molecule has 14 heteroatoms. The minimum absolute atomic E-state index is 0.0345. The fourth-order valence-corrected chi connectivity index (χ4v) is 4.78. The van der Waals surface area contributed by atoms with E-state index in [1.165, 1.54) is 0 Å². The molecule has 0 saturated carbocycles. The lowest BCUT2D eigenvalue weighted by atomic mass is 10.2. The normalized spacial score (nSPS) is 20.9. The third kappa shape index (κ3) is 5.07. The van der Waals surface area contributed by atoms with Crippen molar-refractivity contribution in [3.63, 3.8) is 0 Å². The molecular weight excluding hydrogens is 526 g/mol. The van der Waals surface area contributed by atoms with Crippen molar-refractivity contribution in [2.45, 2.75) is 51.0 Å². The van der Waals surface area contributed by atoms with Crippen molar-refractivity contribution in [2.24, 2.45) is 0 Å². The average molecular weight is 546 g/mol. The van der Waals surface area contributed by atoms with Gasteiger partial charge in [0, 0.05) is 19.4 Å². The number of aromatic nitrogens is 8. The van der Waals surface area contributed by atoms with Gasteiger partial charge >= 0.3 is 0 Å². The van der Waals surface area contributed by atoms with Crippen LogP contribution in [0.1, 0.15) is 51.0 Å². The molecule has 0 amide bonds. The van der Waals surface area contributed by atoms with E-state index in [0.29, 0.717) is 32.4 Å². The Morgan fingerprint density at radius 3 is 2.09 bits per heavy atom. The first-order valence-electron chi connectivity index (χ1n) is 10.9. The molecule has 10 nitrogen and oxygen atoms in total. The largest absolute Gasteiger partial charge is 0.357 e. The van der Waals surface area contributed by atoms with E-state index in [1.54, 1.807) is 15.6 Å². The van der Waals surface area contributed by atoms with Crippen LogP contribution in [0.3, 0.4) is 0 Å². The molecule has 0 radical (unpaired) electrons. The summed E-state index contributed by atoms with van der Waals surface area (Å²) >= 11 is 23.5. The Balaban J connectivity index is 0.000000142. The van der Waals surface area contributed by atoms with Crippen LogP contribution in [0, 0.1) is 0 Å². The van der Waals surface area contributed by atoms with Gasteiger partial charge in [-0.2, -0.15) is 15.1 Å². The topological polar surface area (TPSA) is 106 Å². The highest BCUT2D eigenvalue weighted by Gasteiger charge is 2.21. The predicted molar refractivity (Wildman–Crippen MR) is 128 cm³/mol. The summed E-state index contributed by atoms with van der Waals surface area (Å²) in [4.78, 5) is 16.0. The Bertz CT molecular complexity index is 1290. The van der Waals surface area contributed by atoms with Gasteiger partial charge < -0.3 is 9.47 Å². The molecule has 0 bridgehead atoms. The third-order valence-corrected chi connectivity index (χ3v) is 6.50. The van der Waals surface area contributed by atoms with Crippen LogP contribution in [0.2, 0.25) is 20.9 Å². The van der Waals surface area contributed by atoms with E-state index in [4.69, 9.17) is 55.9 Å². The summed E-state index contributed by atoms with van der Waals surface area (Å²) in [6.07, 6.45) is 9.67. The van der Waals surface area contributed by atoms with E-state index in [-0.39, 0.29) is 23.0 Å². The van der Waals surface area contributed by atoms with Crippen LogP contribution in [-0.2, 0) is 9.47 Å². The van der Waals surface area contributed by atoms with E-state index in [0.717, 1.165) is 51.7 Å². The van der Waals surface area contributed by atoms with E-state index >= 15 is 0 Å². The van der Waals surface area contributed by atoms with Crippen LogP contribution in [0.15, 0.2) is 12.4 Å². The standard InChI is InChI=1S/2C10H10Cl2N4O/c11-8-6-5-16(7-3-1-2-4-17-7)15-9(6)14-10(12)13-8;11-8-6-5-13-16(7-3-1-2-4-17-7)9(6)15-10(12)14-8/h2*5,7H,1-4H2. The maximum Gasteiger partial charge on any atom is 0.225 e. The summed E-state index contributed by atoms with van der Waals surface area (Å²) < 4.78 is 14.8. The van der Waals surface area contributed by atoms with Gasteiger partial charge in [0.2, 0.25) is 10.6 Å². The molecule has 4 aromatic heterocycles. The predicted octanol–water partition coefficient (Wildman–Crippen LogP) is 5.66. The lowest BCUT2D eigenvalue weighted by molar-refractivity contribution is -0.0391. The Morgan fingerprint density at radius 2 is 1.41 bits per heavy atom. The SMILES string of the molecule is Clc1nc(Cl)c2cn(C3CCCCO3)nc2n1.Clc1nc(Cl)c2cnn(C3CCCCO3)c2n1. The molecule has 2 fully saturated rings. The monoisotopic (exact) mass is 544 g/mol. The molecule has 180 valence electrons. The molecule has 6 heterocycles. The van der Waals surface area contributed by atoms with Gasteiger partial charge in [0.1, 0.15) is 16.5 Å². The lowest BCUT2D eigenvalue weighted by Gasteiger charge is -2.22. The van der Waals surface area contributed by atoms with Crippen molar-refractivity contribution in [2.75, 3.05) is 13.2 Å². The molecular formula is C20H20Cl4N8O2. The van der Waals surface area contributed by atoms with Crippen molar-refractivity contribution in [1.82, 2.24) is 39.5 Å². The Kier molecular flexibility index (Phi) is 7.33. The Hall–Kier alpha value is -1.82. The van der Waals surface area contributed by atoms with Crippen molar-refractivity contribution >= 4 is 68.5 Å². The molecule has 2 unspecified atom stereocenters. The van der Waals surface area contributed by atoms with E-state index < -0.39 is 0 Å². The number of hydrogen-bond acceptors (Lipinski definition) is 8. The zero-order valence-corrected chi connectivity index (χ0v) is 20.9. The summed E-state index contributed by atoms with van der Waals surface area (Å²) in [7, 11) is 0. The summed E-state index contributed by atoms with van der Waals surface area (Å²) in [5, 5.41) is 10.9. The van der Waals surface area contributed by atoms with Gasteiger partial charge in [-0.3, -0.25) is 0 Å². The first-order chi connectivity index (χ1) is 16.5. The molecule has 4 aromatic rings. The smallest absolute Gasteiger partial charge is 0.225 e. The zero-order chi connectivity index (χ0) is 23.7. The van der Waals surface area contributed by atoms with Gasteiger partial charge in [0.05, 0.1) is 17.0 Å². The summed E-state index contributed by atoms with van der Waals surface area (Å²) in [5.74, 6) is 0. The van der Waals surface area contributed by atoms with Crippen LogP contribution in [0.4, 0.5) is 0 Å². The number of hydrogen-bond donors (Lipinski definition) is 0. The molecule has 0 aromatic carbocycles. The van der Waals surface area contributed by atoms with Gasteiger partial charge in [-0.15, -0.1) is 5.10 Å². The van der Waals surface area contributed by atoms with E-state index in [2.05, 4.69) is 30.1 Å². The quantitative estimate of drug-likeness (QED) is 0.234. The number of rotatable bonds is 2. The van der Waals surface area contributed by atoms with E-state index in [1.807, 2.05) is 6.20 Å². The molecule has 2 aliphatic rings. The Morgan fingerprint density at radius 1 is 0.765 bits per heavy atom. The summed E-state index contributed by atoms with van der Waals surface area (Å²) in [5.41, 5.74) is 1.13. The number of fused-ring (bicyclic) bond motifs is 2. The van der Waals surface area contributed by atoms with Crippen LogP contribution >= 0.6 is 46.4 Å². The fraction of sp³-hybridized carbons (Fsp3) is 0.500. The number of ether oxygens (including phenoxy) is 2. The molecule has 2 aliphatic heterocycles. The first kappa shape index (κ1) is 23.9. The van der Waals surface area contributed by atoms with Crippen molar-refractivity contribution < 1.29 is 9.47 Å². The zero-order valence-electron chi connectivity index (χ0n) is 17.9. The third-order valence-electron chi connectivity index (χ3n) is 5.58. The molecule has 2 saturated heterocycles. The average Bonchev–Trinajstić information content (AvgIpc) is 3.46. The van der Waals surface area contributed by atoms with Crippen LogP contribution in [-0.4, -0.2) is 52.7 Å². The molecule has 0 spiro atoms. The highest BCUT2D eigenvalue weighted by Crippen LogP contribution is 2.29. The highest BCUT2D eigenvalue weighted by atomic mass is 35.5. The van der Waals surface area contributed by atoms with Crippen molar-refractivity contribution in [3.05, 3.63) is 33.3 Å². The summed E-state index contributed by atoms with van der Waals surface area (Å²) in [6, 6.07) is 0. The van der Waals surface area contributed by atoms with Crippen molar-refractivity contribution in [3.8, 4) is 0 Å². The summed E-state index contributed by atoms with van der Waals surface area (Å²) in [6.45, 7) is 1.51. The molecule has 6 rings (SSSR count). The van der Waals surface area contributed by atoms with Gasteiger partial charge in [-0.1, -0.05) is 23.2 Å². The van der Waals surface area contributed by atoms with Gasteiger partial charge in [0.15, 0.2) is 17.5 Å². The van der Waals surface area contributed by atoms with Gasteiger partial charge in [-0.05, 0) is 61.7 Å². The van der Waals surface area contributed by atoms with E-state index in [9.17, 15) is 0 Å².